The predicted molar refractivity (Wildman–Crippen MR) is 72.6 cm³/mol. The van der Waals surface area contributed by atoms with Crippen LogP contribution in [0.3, 0.4) is 0 Å². The standard InChI is InChI=1S/C13H16N2O3.ClH/c16-13(10-3-4-14-7-10)15-6-9-1-2-11-12(5-9)18-8-17-11;/h1-2,5,10,14H,3-4,6-8H2,(H,15,16);1H. The Morgan fingerprint density at radius 2 is 2.21 bits per heavy atom. The quantitative estimate of drug-likeness (QED) is 0.871. The van der Waals surface area contributed by atoms with E-state index in [1.165, 1.54) is 0 Å². The molecule has 2 heterocycles. The van der Waals surface area contributed by atoms with Crippen molar-refractivity contribution in [1.82, 2.24) is 10.6 Å². The zero-order chi connectivity index (χ0) is 12.4. The summed E-state index contributed by atoms with van der Waals surface area (Å²) in [4.78, 5) is 11.8. The lowest BCUT2D eigenvalue weighted by Crippen LogP contribution is -2.31. The molecule has 1 unspecified atom stereocenters. The Labute approximate surface area is 118 Å². The molecule has 1 atom stereocenters. The topological polar surface area (TPSA) is 59.6 Å². The molecule has 0 bridgehead atoms. The number of ether oxygens (including phenoxy) is 2. The molecular weight excluding hydrogens is 268 g/mol. The molecule has 2 aliphatic rings. The van der Waals surface area contributed by atoms with Gasteiger partial charge in [0.2, 0.25) is 12.7 Å². The summed E-state index contributed by atoms with van der Waals surface area (Å²) >= 11 is 0. The third-order valence-electron chi connectivity index (χ3n) is 3.33. The summed E-state index contributed by atoms with van der Waals surface area (Å²) in [6.07, 6.45) is 0.924. The average molecular weight is 285 g/mol. The van der Waals surface area contributed by atoms with Crippen LogP contribution in [-0.4, -0.2) is 25.8 Å². The molecule has 0 saturated carbocycles. The summed E-state index contributed by atoms with van der Waals surface area (Å²) in [7, 11) is 0. The molecule has 6 heteroatoms. The number of halogens is 1. The van der Waals surface area contributed by atoms with Crippen LogP contribution in [0.4, 0.5) is 0 Å². The van der Waals surface area contributed by atoms with Gasteiger partial charge in [0.05, 0.1) is 5.92 Å². The van der Waals surface area contributed by atoms with Gasteiger partial charge in [-0.15, -0.1) is 12.4 Å². The first-order chi connectivity index (χ1) is 8.83. The smallest absolute Gasteiger partial charge is 0.231 e. The Morgan fingerprint density at radius 3 is 3.00 bits per heavy atom. The molecule has 3 rings (SSSR count). The molecule has 0 aromatic heterocycles. The minimum absolute atomic E-state index is 0. The summed E-state index contributed by atoms with van der Waals surface area (Å²) in [5, 5.41) is 6.14. The van der Waals surface area contributed by atoms with E-state index in [9.17, 15) is 4.79 Å². The van der Waals surface area contributed by atoms with Crippen molar-refractivity contribution >= 4 is 18.3 Å². The largest absolute Gasteiger partial charge is 0.454 e. The highest BCUT2D eigenvalue weighted by molar-refractivity contribution is 5.85. The zero-order valence-corrected chi connectivity index (χ0v) is 11.3. The van der Waals surface area contributed by atoms with E-state index < -0.39 is 0 Å². The average Bonchev–Trinajstić information content (AvgIpc) is 3.05. The summed E-state index contributed by atoms with van der Waals surface area (Å²) < 4.78 is 10.5. The van der Waals surface area contributed by atoms with Crippen molar-refractivity contribution in [1.29, 1.82) is 0 Å². The van der Waals surface area contributed by atoms with Gasteiger partial charge < -0.3 is 20.1 Å². The molecule has 104 valence electrons. The highest BCUT2D eigenvalue weighted by Crippen LogP contribution is 2.32. The molecule has 2 aliphatic heterocycles. The van der Waals surface area contributed by atoms with Gasteiger partial charge in [0.15, 0.2) is 11.5 Å². The number of rotatable bonds is 3. The van der Waals surface area contributed by atoms with Gasteiger partial charge in [-0.2, -0.15) is 0 Å². The molecule has 0 spiro atoms. The fourth-order valence-electron chi connectivity index (χ4n) is 2.26. The van der Waals surface area contributed by atoms with Gasteiger partial charge in [-0.05, 0) is 30.7 Å². The number of amides is 1. The third-order valence-corrected chi connectivity index (χ3v) is 3.33. The first kappa shape index (κ1) is 14.0. The number of hydrogen-bond donors (Lipinski definition) is 2. The molecule has 1 fully saturated rings. The number of benzene rings is 1. The minimum atomic E-state index is 0. The van der Waals surface area contributed by atoms with E-state index >= 15 is 0 Å². The van der Waals surface area contributed by atoms with Crippen LogP contribution in [0.25, 0.3) is 0 Å². The van der Waals surface area contributed by atoms with Crippen molar-refractivity contribution in [3.63, 3.8) is 0 Å². The second-order valence-electron chi connectivity index (χ2n) is 4.60. The molecule has 5 nitrogen and oxygen atoms in total. The first-order valence-electron chi connectivity index (χ1n) is 6.20. The Hall–Kier alpha value is -1.46. The van der Waals surface area contributed by atoms with E-state index in [0.29, 0.717) is 6.54 Å². The van der Waals surface area contributed by atoms with Crippen molar-refractivity contribution in [2.24, 2.45) is 5.92 Å². The van der Waals surface area contributed by atoms with Crippen LogP contribution in [0.15, 0.2) is 18.2 Å². The van der Waals surface area contributed by atoms with Crippen LogP contribution in [0.5, 0.6) is 11.5 Å². The van der Waals surface area contributed by atoms with Gasteiger partial charge in [-0.3, -0.25) is 4.79 Å². The number of fused-ring (bicyclic) bond motifs is 1. The normalized spacial score (nSPS) is 19.9. The van der Waals surface area contributed by atoms with Gasteiger partial charge in [-0.1, -0.05) is 6.07 Å². The van der Waals surface area contributed by atoms with Crippen molar-refractivity contribution in [3.8, 4) is 11.5 Å². The molecular formula is C13H17ClN2O3. The van der Waals surface area contributed by atoms with Crippen molar-refractivity contribution in [3.05, 3.63) is 23.8 Å². The van der Waals surface area contributed by atoms with Gasteiger partial charge in [0.25, 0.3) is 0 Å². The SMILES string of the molecule is Cl.O=C(NCc1ccc2c(c1)OCO2)C1CCNC1. The van der Waals surface area contributed by atoms with Gasteiger partial charge >= 0.3 is 0 Å². The monoisotopic (exact) mass is 284 g/mol. The van der Waals surface area contributed by atoms with Crippen LogP contribution < -0.4 is 20.1 Å². The minimum Gasteiger partial charge on any atom is -0.454 e. The third kappa shape index (κ3) is 3.11. The van der Waals surface area contributed by atoms with E-state index in [1.54, 1.807) is 0 Å². The van der Waals surface area contributed by atoms with E-state index in [4.69, 9.17) is 9.47 Å². The fraction of sp³-hybridized carbons (Fsp3) is 0.462. The molecule has 19 heavy (non-hydrogen) atoms. The van der Waals surface area contributed by atoms with E-state index in [0.717, 1.165) is 36.6 Å². The Morgan fingerprint density at radius 1 is 1.37 bits per heavy atom. The highest BCUT2D eigenvalue weighted by Gasteiger charge is 2.22. The first-order valence-corrected chi connectivity index (χ1v) is 6.20. The van der Waals surface area contributed by atoms with Crippen LogP contribution in [0.2, 0.25) is 0 Å². The maximum Gasteiger partial charge on any atom is 0.231 e. The summed E-state index contributed by atoms with van der Waals surface area (Å²) in [5.41, 5.74) is 1.03. The van der Waals surface area contributed by atoms with Crippen LogP contribution in [0.1, 0.15) is 12.0 Å². The van der Waals surface area contributed by atoms with Crippen LogP contribution in [0, 0.1) is 5.92 Å². The highest BCUT2D eigenvalue weighted by atomic mass is 35.5. The second-order valence-corrected chi connectivity index (χ2v) is 4.60. The van der Waals surface area contributed by atoms with Crippen LogP contribution >= 0.6 is 12.4 Å². The number of carbonyl (C=O) groups excluding carboxylic acids is 1. The van der Waals surface area contributed by atoms with Crippen molar-refractivity contribution < 1.29 is 14.3 Å². The fourth-order valence-corrected chi connectivity index (χ4v) is 2.26. The van der Waals surface area contributed by atoms with Crippen LogP contribution in [-0.2, 0) is 11.3 Å². The Kier molecular flexibility index (Phi) is 4.50. The lowest BCUT2D eigenvalue weighted by molar-refractivity contribution is -0.124. The summed E-state index contributed by atoms with van der Waals surface area (Å²) in [6.45, 7) is 2.53. The molecule has 1 saturated heterocycles. The Balaban J connectivity index is 0.00000133. The molecule has 1 amide bonds. The molecule has 2 N–H and O–H groups in total. The number of hydrogen-bond acceptors (Lipinski definition) is 4. The predicted octanol–water partition coefficient (Wildman–Crippen LogP) is 1.06. The van der Waals surface area contributed by atoms with E-state index in [1.807, 2.05) is 18.2 Å². The zero-order valence-electron chi connectivity index (χ0n) is 10.5. The number of carbonyl (C=O) groups is 1. The summed E-state index contributed by atoms with van der Waals surface area (Å²) in [6, 6.07) is 5.73. The van der Waals surface area contributed by atoms with Gasteiger partial charge in [-0.25, -0.2) is 0 Å². The molecule has 0 radical (unpaired) electrons. The van der Waals surface area contributed by atoms with Gasteiger partial charge in [0, 0.05) is 13.1 Å². The summed E-state index contributed by atoms with van der Waals surface area (Å²) in [5.74, 6) is 1.76. The van der Waals surface area contributed by atoms with Gasteiger partial charge in [0.1, 0.15) is 0 Å². The molecule has 0 aliphatic carbocycles. The van der Waals surface area contributed by atoms with E-state index in [2.05, 4.69) is 10.6 Å². The molecule has 1 aromatic carbocycles. The number of nitrogens with one attached hydrogen (secondary N) is 2. The second kappa shape index (κ2) is 6.12. The maximum absolute atomic E-state index is 11.8. The Bertz CT molecular complexity index is 461. The molecule has 1 aromatic rings. The lowest BCUT2D eigenvalue weighted by atomic mass is 10.1. The lowest BCUT2D eigenvalue weighted by Gasteiger charge is -2.10. The van der Waals surface area contributed by atoms with E-state index in [-0.39, 0.29) is 31.0 Å². The maximum atomic E-state index is 11.8. The van der Waals surface area contributed by atoms with Crippen molar-refractivity contribution in [2.45, 2.75) is 13.0 Å². The van der Waals surface area contributed by atoms with Crippen molar-refractivity contribution in [2.75, 3.05) is 19.9 Å².